The van der Waals surface area contributed by atoms with Crippen LogP contribution in [0.5, 0.6) is 0 Å². The third-order valence-corrected chi connectivity index (χ3v) is 5.87. The van der Waals surface area contributed by atoms with Crippen molar-refractivity contribution in [1.29, 1.82) is 0 Å². The molecule has 1 unspecified atom stereocenters. The summed E-state index contributed by atoms with van der Waals surface area (Å²) in [6.45, 7) is 0.554. The maximum Gasteiger partial charge on any atom is 0.220 e. The van der Waals surface area contributed by atoms with Crippen LogP contribution in [0, 0.1) is 0 Å². The number of hydrogen-bond acceptors (Lipinski definition) is 3. The average Bonchev–Trinajstić information content (AvgIpc) is 2.38. The Hall–Kier alpha value is -1.36. The van der Waals surface area contributed by atoms with Crippen LogP contribution >= 0.6 is 0 Å². The van der Waals surface area contributed by atoms with Crippen molar-refractivity contribution in [3.8, 4) is 0 Å². The van der Waals surface area contributed by atoms with Crippen LogP contribution in [0.2, 0.25) is 0 Å². The van der Waals surface area contributed by atoms with Gasteiger partial charge in [-0.05, 0) is 24.5 Å². The highest BCUT2D eigenvalue weighted by molar-refractivity contribution is 7.91. The number of rotatable bonds is 0. The smallest absolute Gasteiger partial charge is 0.220 e. The molecule has 18 heavy (non-hydrogen) atoms. The van der Waals surface area contributed by atoms with Crippen molar-refractivity contribution in [2.75, 3.05) is 12.3 Å². The second-order valence-corrected chi connectivity index (χ2v) is 7.20. The van der Waals surface area contributed by atoms with Crippen molar-refractivity contribution >= 4 is 15.7 Å². The molecule has 1 saturated heterocycles. The third kappa shape index (κ3) is 1.65. The summed E-state index contributed by atoms with van der Waals surface area (Å²) in [6.07, 6.45) is 1.83. The van der Waals surface area contributed by atoms with Gasteiger partial charge < -0.3 is 5.32 Å². The van der Waals surface area contributed by atoms with Crippen LogP contribution in [0.25, 0.3) is 0 Å². The van der Waals surface area contributed by atoms with Gasteiger partial charge in [0.05, 0.1) is 10.6 Å². The Kier molecular flexibility index (Phi) is 2.48. The lowest BCUT2D eigenvalue weighted by molar-refractivity contribution is -0.123. The Morgan fingerprint density at radius 3 is 2.67 bits per heavy atom. The molecule has 2 aliphatic rings. The fraction of sp³-hybridized carbons (Fsp3) is 0.462. The number of amides is 1. The van der Waals surface area contributed by atoms with Gasteiger partial charge in [0.2, 0.25) is 5.91 Å². The second-order valence-electron chi connectivity index (χ2n) is 5.12. The third-order valence-electron chi connectivity index (χ3n) is 4.10. The van der Waals surface area contributed by atoms with Gasteiger partial charge in [-0.1, -0.05) is 18.2 Å². The molecule has 1 fully saturated rings. The second kappa shape index (κ2) is 3.82. The van der Waals surface area contributed by atoms with Gasteiger partial charge in [0.15, 0.2) is 9.84 Å². The largest absolute Gasteiger partial charge is 0.355 e. The molecule has 2 aliphatic heterocycles. The van der Waals surface area contributed by atoms with Gasteiger partial charge in [-0.2, -0.15) is 0 Å². The molecule has 1 atom stereocenters. The first-order valence-corrected chi connectivity index (χ1v) is 7.78. The summed E-state index contributed by atoms with van der Waals surface area (Å²) in [5.41, 5.74) is 0.701. The van der Waals surface area contributed by atoms with Crippen molar-refractivity contribution in [1.82, 2.24) is 5.32 Å². The number of sulfone groups is 1. The number of benzene rings is 1. The van der Waals surface area contributed by atoms with E-state index >= 15 is 0 Å². The quantitative estimate of drug-likeness (QED) is 0.761. The number of piperidine rings is 1. The molecule has 0 aromatic heterocycles. The minimum absolute atomic E-state index is 0.0616. The van der Waals surface area contributed by atoms with Crippen molar-refractivity contribution in [3.63, 3.8) is 0 Å². The van der Waals surface area contributed by atoms with Crippen molar-refractivity contribution in [2.24, 2.45) is 0 Å². The molecule has 1 amide bonds. The molecule has 1 N–H and O–H groups in total. The minimum Gasteiger partial charge on any atom is -0.355 e. The van der Waals surface area contributed by atoms with Crippen molar-refractivity contribution < 1.29 is 13.2 Å². The zero-order chi connectivity index (χ0) is 12.8. The Morgan fingerprint density at radius 1 is 1.17 bits per heavy atom. The highest BCUT2D eigenvalue weighted by Gasteiger charge is 2.43. The van der Waals surface area contributed by atoms with Gasteiger partial charge in [0.1, 0.15) is 0 Å². The molecule has 5 heteroatoms. The molecule has 96 valence electrons. The predicted octanol–water partition coefficient (Wildman–Crippen LogP) is 1.01. The fourth-order valence-electron chi connectivity index (χ4n) is 2.99. The van der Waals surface area contributed by atoms with Crippen molar-refractivity contribution in [3.05, 3.63) is 29.8 Å². The summed E-state index contributed by atoms with van der Waals surface area (Å²) in [5.74, 6) is 0.242. The normalized spacial score (nSPS) is 29.7. The molecule has 1 spiro atoms. The maximum absolute atomic E-state index is 12.1. The number of hydrogen-bond donors (Lipinski definition) is 1. The van der Waals surface area contributed by atoms with E-state index in [1.807, 2.05) is 12.1 Å². The van der Waals surface area contributed by atoms with E-state index in [1.165, 1.54) is 0 Å². The lowest BCUT2D eigenvalue weighted by atomic mass is 9.72. The summed E-state index contributed by atoms with van der Waals surface area (Å²) in [7, 11) is -3.14. The molecule has 1 aromatic rings. The predicted molar refractivity (Wildman–Crippen MR) is 67.0 cm³/mol. The number of carbonyl (C=O) groups excluding carboxylic acids is 1. The average molecular weight is 265 g/mol. The molecule has 1 aromatic carbocycles. The molecular formula is C13H15NO3S. The summed E-state index contributed by atoms with van der Waals surface area (Å²) in [4.78, 5) is 11.8. The van der Waals surface area contributed by atoms with Crippen LogP contribution in [0.1, 0.15) is 24.8 Å². The monoisotopic (exact) mass is 265 g/mol. The summed E-state index contributed by atoms with van der Waals surface area (Å²) >= 11 is 0. The van der Waals surface area contributed by atoms with E-state index in [4.69, 9.17) is 0 Å². The summed E-state index contributed by atoms with van der Waals surface area (Å²) in [5, 5.41) is 2.88. The van der Waals surface area contributed by atoms with Gasteiger partial charge in [-0.15, -0.1) is 0 Å². The highest BCUT2D eigenvalue weighted by Crippen LogP contribution is 2.42. The van der Waals surface area contributed by atoms with Gasteiger partial charge in [0, 0.05) is 18.4 Å². The van der Waals surface area contributed by atoms with E-state index in [-0.39, 0.29) is 17.1 Å². The summed E-state index contributed by atoms with van der Waals surface area (Å²) < 4.78 is 24.2. The Labute approximate surface area is 106 Å². The molecule has 2 heterocycles. The van der Waals surface area contributed by atoms with E-state index in [0.717, 1.165) is 12.0 Å². The van der Waals surface area contributed by atoms with Gasteiger partial charge in [0.25, 0.3) is 0 Å². The Balaban J connectivity index is 2.13. The minimum atomic E-state index is -3.14. The zero-order valence-corrected chi connectivity index (χ0v) is 10.8. The molecule has 0 radical (unpaired) electrons. The number of fused-ring (bicyclic) bond motifs is 2. The van der Waals surface area contributed by atoms with E-state index in [0.29, 0.717) is 24.3 Å². The standard InChI is InChI=1S/C13H15NO3S/c15-12-5-6-13(9-14-12)7-8-18(16,17)11-4-2-1-3-10(11)13/h1-4H,5-9H2,(H,14,15). The van der Waals surface area contributed by atoms with Gasteiger partial charge in [-0.25, -0.2) is 8.42 Å². The lowest BCUT2D eigenvalue weighted by Crippen LogP contribution is -2.49. The molecule has 0 aliphatic carbocycles. The van der Waals surface area contributed by atoms with Crippen LogP contribution < -0.4 is 5.32 Å². The van der Waals surface area contributed by atoms with Gasteiger partial charge >= 0.3 is 0 Å². The highest BCUT2D eigenvalue weighted by atomic mass is 32.2. The molecule has 0 bridgehead atoms. The Morgan fingerprint density at radius 2 is 1.94 bits per heavy atom. The first-order chi connectivity index (χ1) is 8.54. The van der Waals surface area contributed by atoms with Crippen LogP contribution in [0.3, 0.4) is 0 Å². The number of carbonyl (C=O) groups is 1. The van der Waals surface area contributed by atoms with E-state index < -0.39 is 9.84 Å². The van der Waals surface area contributed by atoms with E-state index in [9.17, 15) is 13.2 Å². The van der Waals surface area contributed by atoms with Crippen LogP contribution in [0.4, 0.5) is 0 Å². The molecule has 3 rings (SSSR count). The van der Waals surface area contributed by atoms with Crippen LogP contribution in [-0.4, -0.2) is 26.6 Å². The van der Waals surface area contributed by atoms with Crippen molar-refractivity contribution in [2.45, 2.75) is 29.6 Å². The summed E-state index contributed by atoms with van der Waals surface area (Å²) in [6, 6.07) is 7.21. The Bertz CT molecular complexity index is 596. The van der Waals surface area contributed by atoms with Crippen LogP contribution in [-0.2, 0) is 20.0 Å². The van der Waals surface area contributed by atoms with E-state index in [2.05, 4.69) is 5.32 Å². The molecule has 4 nitrogen and oxygen atoms in total. The zero-order valence-electron chi connectivity index (χ0n) is 9.98. The van der Waals surface area contributed by atoms with Gasteiger partial charge in [-0.3, -0.25) is 4.79 Å². The number of nitrogens with one attached hydrogen (secondary N) is 1. The SMILES string of the molecule is O=C1CCC2(CCS(=O)(=O)c3ccccc32)CN1. The van der Waals surface area contributed by atoms with E-state index in [1.54, 1.807) is 12.1 Å². The molecule has 0 saturated carbocycles. The lowest BCUT2D eigenvalue weighted by Gasteiger charge is -2.41. The molecular weight excluding hydrogens is 250 g/mol. The van der Waals surface area contributed by atoms with Crippen LogP contribution in [0.15, 0.2) is 29.2 Å². The maximum atomic E-state index is 12.1. The fourth-order valence-corrected chi connectivity index (χ4v) is 4.78. The first kappa shape index (κ1) is 11.7. The first-order valence-electron chi connectivity index (χ1n) is 6.13. The topological polar surface area (TPSA) is 63.2 Å².